The van der Waals surface area contributed by atoms with Crippen molar-refractivity contribution in [3.8, 4) is 12.1 Å². The predicted molar refractivity (Wildman–Crippen MR) is 158 cm³/mol. The molecule has 1 aromatic heterocycles. The van der Waals surface area contributed by atoms with Crippen LogP contribution in [0.1, 0.15) is 68.9 Å². The molecule has 0 saturated carbocycles. The fourth-order valence-corrected chi connectivity index (χ4v) is 5.56. The number of piperidine rings is 2. The van der Waals surface area contributed by atoms with Crippen molar-refractivity contribution in [2.45, 2.75) is 50.9 Å². The smallest absolute Gasteiger partial charge is 0.270 e. The third kappa shape index (κ3) is 7.79. The minimum Gasteiger partial charge on any atom is -0.348 e. The lowest BCUT2D eigenvalue weighted by atomic mass is 10.0. The summed E-state index contributed by atoms with van der Waals surface area (Å²) >= 11 is 0. The van der Waals surface area contributed by atoms with Crippen LogP contribution in [0.5, 0.6) is 0 Å². The van der Waals surface area contributed by atoms with E-state index in [0.717, 1.165) is 65.0 Å². The molecular formula is C33H35N7O2. The molecule has 9 nitrogen and oxygen atoms in total. The van der Waals surface area contributed by atoms with E-state index < -0.39 is 0 Å². The van der Waals surface area contributed by atoms with Gasteiger partial charge in [0, 0.05) is 51.4 Å². The summed E-state index contributed by atoms with van der Waals surface area (Å²) < 4.78 is 0. The van der Waals surface area contributed by atoms with Crippen LogP contribution in [0.25, 0.3) is 0 Å². The van der Waals surface area contributed by atoms with Gasteiger partial charge in [-0.1, -0.05) is 30.3 Å². The quantitative estimate of drug-likeness (QED) is 0.430. The zero-order chi connectivity index (χ0) is 29.3. The molecule has 2 aromatic carbocycles. The number of aromatic nitrogens is 1. The maximum absolute atomic E-state index is 13.0. The highest BCUT2D eigenvalue weighted by molar-refractivity contribution is 5.96. The number of amides is 2. The summed E-state index contributed by atoms with van der Waals surface area (Å²) in [6, 6.07) is 24.7. The summed E-state index contributed by atoms with van der Waals surface area (Å²) in [6.45, 7) is 5.11. The standard InChI is InChI=1S/C33H35N7O2/c34-20-24-4-8-26(9-5-24)22-39-16-12-28(13-17-39)36-32(41)30-2-1-3-31(38-30)33(42)37-29-14-18-40(19-15-29)23-27-10-6-25(21-35)7-11-27/h1-11,28-29H,12-19,22-23H2,(H,36,41)(H,37,42). The SMILES string of the molecule is N#Cc1ccc(CN2CCC(NC(=O)c3cccc(C(=O)NC4CCN(Cc5ccc(C#N)cc5)CC4)n3)CC2)cc1. The number of carbonyl (C=O) groups is 2. The van der Waals surface area contributed by atoms with Gasteiger partial charge in [-0.15, -0.1) is 0 Å². The summed E-state index contributed by atoms with van der Waals surface area (Å²) in [6.07, 6.45) is 3.36. The van der Waals surface area contributed by atoms with E-state index in [1.807, 2.05) is 48.5 Å². The number of nitrogens with one attached hydrogen (secondary N) is 2. The minimum absolute atomic E-state index is 0.0588. The van der Waals surface area contributed by atoms with Crippen molar-refractivity contribution in [3.05, 3.63) is 100 Å². The summed E-state index contributed by atoms with van der Waals surface area (Å²) in [5.41, 5.74) is 4.16. The number of benzene rings is 2. The van der Waals surface area contributed by atoms with Crippen molar-refractivity contribution < 1.29 is 9.59 Å². The Hall–Kier alpha value is -4.57. The van der Waals surface area contributed by atoms with E-state index in [-0.39, 0.29) is 35.3 Å². The first-order valence-electron chi connectivity index (χ1n) is 14.5. The molecule has 9 heteroatoms. The maximum Gasteiger partial charge on any atom is 0.270 e. The molecule has 5 rings (SSSR count). The molecule has 2 fully saturated rings. The molecule has 0 radical (unpaired) electrons. The van der Waals surface area contributed by atoms with E-state index in [4.69, 9.17) is 10.5 Å². The van der Waals surface area contributed by atoms with E-state index >= 15 is 0 Å². The molecule has 3 aromatic rings. The van der Waals surface area contributed by atoms with Gasteiger partial charge in [0.2, 0.25) is 0 Å². The van der Waals surface area contributed by atoms with E-state index in [1.54, 1.807) is 18.2 Å². The molecule has 0 aliphatic carbocycles. The lowest BCUT2D eigenvalue weighted by Gasteiger charge is -2.32. The zero-order valence-corrected chi connectivity index (χ0v) is 23.6. The first-order chi connectivity index (χ1) is 20.5. The van der Waals surface area contributed by atoms with Gasteiger partial charge in [0.25, 0.3) is 11.8 Å². The van der Waals surface area contributed by atoms with Gasteiger partial charge in [-0.05, 0) is 73.2 Å². The number of rotatable bonds is 8. The lowest BCUT2D eigenvalue weighted by Crippen LogP contribution is -2.45. The number of hydrogen-bond donors (Lipinski definition) is 2. The Morgan fingerprint density at radius 2 is 1.05 bits per heavy atom. The number of nitriles is 2. The Kier molecular flexibility index (Phi) is 9.55. The topological polar surface area (TPSA) is 125 Å². The largest absolute Gasteiger partial charge is 0.348 e. The third-order valence-corrected chi connectivity index (χ3v) is 8.04. The van der Waals surface area contributed by atoms with Crippen LogP contribution in [0.3, 0.4) is 0 Å². The van der Waals surface area contributed by atoms with E-state index in [0.29, 0.717) is 11.1 Å². The van der Waals surface area contributed by atoms with Crippen molar-refractivity contribution in [2.75, 3.05) is 26.2 Å². The van der Waals surface area contributed by atoms with Crippen LogP contribution in [0, 0.1) is 22.7 Å². The van der Waals surface area contributed by atoms with Crippen molar-refractivity contribution in [3.63, 3.8) is 0 Å². The van der Waals surface area contributed by atoms with Crippen LogP contribution in [0.15, 0.2) is 66.7 Å². The molecule has 214 valence electrons. The highest BCUT2D eigenvalue weighted by Crippen LogP contribution is 2.17. The Labute approximate surface area is 246 Å². The van der Waals surface area contributed by atoms with E-state index in [9.17, 15) is 9.59 Å². The molecule has 42 heavy (non-hydrogen) atoms. The average molecular weight is 562 g/mol. The highest BCUT2D eigenvalue weighted by atomic mass is 16.2. The second kappa shape index (κ2) is 13.9. The average Bonchev–Trinajstić information content (AvgIpc) is 3.03. The lowest BCUT2D eigenvalue weighted by molar-refractivity contribution is 0.0899. The number of nitrogens with zero attached hydrogens (tertiary/aromatic N) is 5. The monoisotopic (exact) mass is 561 g/mol. The van der Waals surface area contributed by atoms with Gasteiger partial charge in [0.05, 0.1) is 23.3 Å². The molecule has 2 saturated heterocycles. The predicted octanol–water partition coefficient (Wildman–Crippen LogP) is 3.61. The van der Waals surface area contributed by atoms with E-state index in [2.05, 4.69) is 37.6 Å². The Balaban J connectivity index is 1.05. The van der Waals surface area contributed by atoms with Crippen LogP contribution in [-0.2, 0) is 13.1 Å². The molecule has 2 aliphatic heterocycles. The molecule has 2 N–H and O–H groups in total. The fraction of sp³-hybridized carbons (Fsp3) is 0.364. The summed E-state index contributed by atoms with van der Waals surface area (Å²) in [4.78, 5) is 35.0. The first kappa shape index (κ1) is 28.9. The number of carbonyl (C=O) groups excluding carboxylic acids is 2. The molecule has 0 atom stereocenters. The molecule has 0 spiro atoms. The number of hydrogen-bond acceptors (Lipinski definition) is 7. The zero-order valence-electron chi connectivity index (χ0n) is 23.6. The van der Waals surface area contributed by atoms with Crippen LogP contribution in [-0.4, -0.2) is 64.9 Å². The highest BCUT2D eigenvalue weighted by Gasteiger charge is 2.24. The summed E-state index contributed by atoms with van der Waals surface area (Å²) in [7, 11) is 0. The summed E-state index contributed by atoms with van der Waals surface area (Å²) in [5, 5.41) is 24.1. The van der Waals surface area contributed by atoms with Crippen LogP contribution in [0.2, 0.25) is 0 Å². The molecule has 2 aliphatic rings. The molecule has 0 bridgehead atoms. The minimum atomic E-state index is -0.258. The number of likely N-dealkylation sites (tertiary alicyclic amines) is 2. The second-order valence-electron chi connectivity index (χ2n) is 11.1. The summed E-state index contributed by atoms with van der Waals surface area (Å²) in [5.74, 6) is -0.516. The van der Waals surface area contributed by atoms with Crippen molar-refractivity contribution >= 4 is 11.8 Å². The van der Waals surface area contributed by atoms with E-state index in [1.165, 1.54) is 11.1 Å². The Morgan fingerprint density at radius 3 is 1.40 bits per heavy atom. The second-order valence-corrected chi connectivity index (χ2v) is 11.1. The van der Waals surface area contributed by atoms with Crippen molar-refractivity contribution in [1.82, 2.24) is 25.4 Å². The molecule has 3 heterocycles. The van der Waals surface area contributed by atoms with Gasteiger partial charge in [-0.25, -0.2) is 4.98 Å². The van der Waals surface area contributed by atoms with Gasteiger partial charge >= 0.3 is 0 Å². The van der Waals surface area contributed by atoms with Crippen LogP contribution < -0.4 is 10.6 Å². The van der Waals surface area contributed by atoms with Gasteiger partial charge in [0.15, 0.2) is 0 Å². The van der Waals surface area contributed by atoms with Gasteiger partial charge < -0.3 is 10.6 Å². The molecular weight excluding hydrogens is 526 g/mol. The fourth-order valence-electron chi connectivity index (χ4n) is 5.56. The van der Waals surface area contributed by atoms with Crippen molar-refractivity contribution in [1.29, 1.82) is 10.5 Å². The number of pyridine rings is 1. The molecule has 0 unspecified atom stereocenters. The van der Waals surface area contributed by atoms with Gasteiger partial charge in [-0.2, -0.15) is 10.5 Å². The van der Waals surface area contributed by atoms with Crippen LogP contribution in [0.4, 0.5) is 0 Å². The molecule has 2 amide bonds. The third-order valence-electron chi connectivity index (χ3n) is 8.04. The van der Waals surface area contributed by atoms with Gasteiger partial charge in [0.1, 0.15) is 11.4 Å². The Bertz CT molecular complexity index is 1350. The normalized spacial score (nSPS) is 16.7. The Morgan fingerprint density at radius 1 is 0.667 bits per heavy atom. The van der Waals surface area contributed by atoms with Crippen LogP contribution >= 0.6 is 0 Å². The van der Waals surface area contributed by atoms with Crippen molar-refractivity contribution in [2.24, 2.45) is 0 Å². The first-order valence-corrected chi connectivity index (χ1v) is 14.5. The maximum atomic E-state index is 13.0. The van der Waals surface area contributed by atoms with Gasteiger partial charge in [-0.3, -0.25) is 19.4 Å².